The molecule has 4 aromatic rings. The van der Waals surface area contributed by atoms with Gasteiger partial charge in [-0.15, -0.1) is 0 Å². The maximum Gasteiger partial charge on any atom is 0.256 e. The standard InChI is InChI=1S/C27H20N2O4S/c30-19-6-4-8-21(15-19)33-20-7-3-5-17(13-20)16-28-26(31)18-11-12-25-23(14-18)29-27(32)22-9-1-2-10-24(22)34-25/h1-15,30H,16H2,(H,28,31)(H,29,32). The lowest BCUT2D eigenvalue weighted by Gasteiger charge is -2.11. The predicted octanol–water partition coefficient (Wildman–Crippen LogP) is 5.83. The Morgan fingerprint density at radius 3 is 2.53 bits per heavy atom. The van der Waals surface area contributed by atoms with E-state index in [0.717, 1.165) is 15.4 Å². The number of anilines is 1. The third-order valence-corrected chi connectivity index (χ3v) is 6.40. The molecule has 168 valence electrons. The molecule has 1 heterocycles. The molecule has 0 saturated carbocycles. The Hall–Kier alpha value is -4.23. The van der Waals surface area contributed by atoms with E-state index in [0.29, 0.717) is 34.9 Å². The molecule has 0 radical (unpaired) electrons. The topological polar surface area (TPSA) is 87.7 Å². The number of amides is 2. The molecule has 3 N–H and O–H groups in total. The van der Waals surface area contributed by atoms with Crippen LogP contribution in [0.2, 0.25) is 0 Å². The maximum atomic E-state index is 12.8. The molecule has 0 aromatic heterocycles. The minimum atomic E-state index is -0.247. The average molecular weight is 469 g/mol. The number of phenols is 1. The van der Waals surface area contributed by atoms with Crippen LogP contribution in [0, 0.1) is 0 Å². The van der Waals surface area contributed by atoms with Gasteiger partial charge in [0.2, 0.25) is 0 Å². The van der Waals surface area contributed by atoms with Crippen LogP contribution in [-0.2, 0) is 6.54 Å². The summed E-state index contributed by atoms with van der Waals surface area (Å²) < 4.78 is 5.79. The van der Waals surface area contributed by atoms with Crippen molar-refractivity contribution in [2.24, 2.45) is 0 Å². The smallest absolute Gasteiger partial charge is 0.256 e. The molecule has 0 saturated heterocycles. The molecule has 0 fully saturated rings. The summed E-state index contributed by atoms with van der Waals surface area (Å²) in [5.74, 6) is 0.807. The first-order valence-electron chi connectivity index (χ1n) is 10.6. The number of hydrogen-bond acceptors (Lipinski definition) is 5. The van der Waals surface area contributed by atoms with Crippen molar-refractivity contribution in [3.05, 3.63) is 108 Å². The highest BCUT2D eigenvalue weighted by atomic mass is 32.2. The highest BCUT2D eigenvalue weighted by molar-refractivity contribution is 7.99. The minimum Gasteiger partial charge on any atom is -0.508 e. The molecule has 1 aliphatic rings. The summed E-state index contributed by atoms with van der Waals surface area (Å²) in [7, 11) is 0. The summed E-state index contributed by atoms with van der Waals surface area (Å²) in [4.78, 5) is 27.2. The number of aromatic hydroxyl groups is 1. The number of rotatable bonds is 5. The predicted molar refractivity (Wildman–Crippen MR) is 131 cm³/mol. The van der Waals surface area contributed by atoms with Crippen LogP contribution in [0.4, 0.5) is 5.69 Å². The zero-order valence-corrected chi connectivity index (χ0v) is 18.8. The highest BCUT2D eigenvalue weighted by Gasteiger charge is 2.20. The van der Waals surface area contributed by atoms with Crippen LogP contribution >= 0.6 is 11.8 Å². The second-order valence-electron chi connectivity index (χ2n) is 7.69. The Labute approximate surface area is 200 Å². The summed E-state index contributed by atoms with van der Waals surface area (Å²) in [6.07, 6.45) is 0. The maximum absolute atomic E-state index is 12.8. The summed E-state index contributed by atoms with van der Waals surface area (Å²) in [5.41, 5.74) is 2.54. The van der Waals surface area contributed by atoms with Crippen LogP contribution in [0.1, 0.15) is 26.3 Å². The van der Waals surface area contributed by atoms with Gasteiger partial charge in [-0.25, -0.2) is 0 Å². The van der Waals surface area contributed by atoms with Crippen LogP contribution in [0.5, 0.6) is 17.2 Å². The zero-order valence-electron chi connectivity index (χ0n) is 17.9. The van der Waals surface area contributed by atoms with Gasteiger partial charge in [-0.1, -0.05) is 42.1 Å². The first kappa shape index (κ1) is 21.6. The second-order valence-corrected chi connectivity index (χ2v) is 8.78. The number of nitrogens with one attached hydrogen (secondary N) is 2. The molecule has 7 heteroatoms. The second kappa shape index (κ2) is 9.33. The summed E-state index contributed by atoms with van der Waals surface area (Å²) in [5, 5.41) is 15.4. The lowest BCUT2D eigenvalue weighted by Crippen LogP contribution is -2.23. The van der Waals surface area contributed by atoms with Crippen LogP contribution in [0.15, 0.2) is 101 Å². The van der Waals surface area contributed by atoms with Crippen molar-refractivity contribution >= 4 is 29.3 Å². The normalized spacial score (nSPS) is 12.1. The molecule has 0 bridgehead atoms. The first-order chi connectivity index (χ1) is 16.5. The molecule has 34 heavy (non-hydrogen) atoms. The average Bonchev–Trinajstić information content (AvgIpc) is 2.98. The molecular formula is C27H20N2O4S. The van der Waals surface area contributed by atoms with Crippen LogP contribution in [0.25, 0.3) is 0 Å². The Morgan fingerprint density at radius 2 is 1.68 bits per heavy atom. The number of fused-ring (bicyclic) bond motifs is 2. The molecule has 6 nitrogen and oxygen atoms in total. The number of carbonyl (C=O) groups excluding carboxylic acids is 2. The largest absolute Gasteiger partial charge is 0.508 e. The first-order valence-corrected chi connectivity index (χ1v) is 11.4. The third kappa shape index (κ3) is 4.74. The summed E-state index contributed by atoms with van der Waals surface area (Å²) >= 11 is 1.50. The van der Waals surface area contributed by atoms with Crippen LogP contribution < -0.4 is 15.4 Å². The van der Waals surface area contributed by atoms with E-state index in [9.17, 15) is 14.7 Å². The quantitative estimate of drug-likeness (QED) is 0.343. The number of benzene rings is 4. The van der Waals surface area contributed by atoms with Gasteiger partial charge in [-0.3, -0.25) is 9.59 Å². The molecule has 0 unspecified atom stereocenters. The third-order valence-electron chi connectivity index (χ3n) is 5.25. The van der Waals surface area contributed by atoms with E-state index in [1.165, 1.54) is 17.8 Å². The van der Waals surface area contributed by atoms with Crippen molar-refractivity contribution < 1.29 is 19.4 Å². The van der Waals surface area contributed by atoms with Crippen molar-refractivity contribution in [2.75, 3.05) is 5.32 Å². The van der Waals surface area contributed by atoms with Gasteiger partial charge in [0.05, 0.1) is 11.3 Å². The van der Waals surface area contributed by atoms with Crippen LogP contribution in [0.3, 0.4) is 0 Å². The van der Waals surface area contributed by atoms with Gasteiger partial charge in [0.15, 0.2) is 0 Å². The molecule has 4 aromatic carbocycles. The number of ether oxygens (including phenoxy) is 1. The Balaban J connectivity index is 1.27. The van der Waals surface area contributed by atoms with E-state index in [1.807, 2.05) is 42.5 Å². The number of carbonyl (C=O) groups is 2. The van der Waals surface area contributed by atoms with Gasteiger partial charge < -0.3 is 20.5 Å². The van der Waals surface area contributed by atoms with Gasteiger partial charge in [0, 0.05) is 28.0 Å². The fourth-order valence-electron chi connectivity index (χ4n) is 3.60. The number of hydrogen-bond donors (Lipinski definition) is 3. The van der Waals surface area contributed by atoms with E-state index in [-0.39, 0.29) is 17.6 Å². The van der Waals surface area contributed by atoms with Gasteiger partial charge in [-0.05, 0) is 60.2 Å². The highest BCUT2D eigenvalue weighted by Crippen LogP contribution is 2.39. The van der Waals surface area contributed by atoms with Gasteiger partial charge >= 0.3 is 0 Å². The summed E-state index contributed by atoms with van der Waals surface area (Å²) in [6, 6.07) is 26.6. The van der Waals surface area contributed by atoms with Crippen molar-refractivity contribution in [1.82, 2.24) is 5.32 Å². The van der Waals surface area contributed by atoms with E-state index in [4.69, 9.17) is 4.74 Å². The Bertz CT molecular complexity index is 1400. The molecule has 0 aliphatic carbocycles. The molecule has 5 rings (SSSR count). The fourth-order valence-corrected chi connectivity index (χ4v) is 4.61. The van der Waals surface area contributed by atoms with E-state index in [1.54, 1.807) is 42.5 Å². The van der Waals surface area contributed by atoms with Crippen LogP contribution in [-0.4, -0.2) is 16.9 Å². The van der Waals surface area contributed by atoms with E-state index < -0.39 is 0 Å². The molecule has 1 aliphatic heterocycles. The number of phenolic OH excluding ortho intramolecular Hbond substituents is 1. The lowest BCUT2D eigenvalue weighted by molar-refractivity contribution is 0.0949. The van der Waals surface area contributed by atoms with Gasteiger partial charge in [-0.2, -0.15) is 0 Å². The molecule has 0 spiro atoms. The van der Waals surface area contributed by atoms with Crippen molar-refractivity contribution in [3.63, 3.8) is 0 Å². The molecular weight excluding hydrogens is 448 g/mol. The van der Waals surface area contributed by atoms with E-state index in [2.05, 4.69) is 10.6 Å². The monoisotopic (exact) mass is 468 g/mol. The SMILES string of the molecule is O=C(NCc1cccc(Oc2cccc(O)c2)c1)c1ccc2c(c1)NC(=O)c1ccccc1S2. The van der Waals surface area contributed by atoms with Gasteiger partial charge in [0.25, 0.3) is 11.8 Å². The lowest BCUT2D eigenvalue weighted by atomic mass is 10.1. The van der Waals surface area contributed by atoms with Gasteiger partial charge in [0.1, 0.15) is 17.2 Å². The Morgan fingerprint density at radius 1 is 0.882 bits per heavy atom. The van der Waals surface area contributed by atoms with Crippen molar-refractivity contribution in [2.45, 2.75) is 16.3 Å². The van der Waals surface area contributed by atoms with E-state index >= 15 is 0 Å². The zero-order chi connectivity index (χ0) is 23.5. The van der Waals surface area contributed by atoms with Crippen molar-refractivity contribution in [1.29, 1.82) is 0 Å². The summed E-state index contributed by atoms with van der Waals surface area (Å²) in [6.45, 7) is 0.305. The van der Waals surface area contributed by atoms with Crippen molar-refractivity contribution in [3.8, 4) is 17.2 Å². The minimum absolute atomic E-state index is 0.125. The fraction of sp³-hybridized carbons (Fsp3) is 0.0370. The molecule has 0 atom stereocenters. The Kier molecular flexibility index (Phi) is 5.93. The molecule has 2 amide bonds.